The van der Waals surface area contributed by atoms with Crippen molar-refractivity contribution in [1.82, 2.24) is 9.97 Å². The molecule has 0 radical (unpaired) electrons. The van der Waals surface area contributed by atoms with Gasteiger partial charge in [-0.15, -0.1) is 0 Å². The lowest BCUT2D eigenvalue weighted by atomic mass is 9.81. The molecule has 1 aromatic carbocycles. The predicted molar refractivity (Wildman–Crippen MR) is 92.3 cm³/mol. The number of nitrogens with two attached hydrogens (primary N) is 1. The first-order valence-electron chi connectivity index (χ1n) is 8.05. The van der Waals surface area contributed by atoms with Gasteiger partial charge in [-0.3, -0.25) is 4.98 Å². The average molecular weight is 348 g/mol. The molecule has 0 fully saturated rings. The van der Waals surface area contributed by atoms with Crippen LogP contribution in [0.3, 0.4) is 0 Å². The highest BCUT2D eigenvalue weighted by Gasteiger charge is 2.47. The third-order valence-electron chi connectivity index (χ3n) is 4.64. The summed E-state index contributed by atoms with van der Waals surface area (Å²) in [5, 5.41) is 0. The predicted octanol–water partition coefficient (Wildman–Crippen LogP) is 2.98. The summed E-state index contributed by atoms with van der Waals surface area (Å²) in [5.41, 5.74) is 7.18. The Hall–Kier alpha value is -3.48. The van der Waals surface area contributed by atoms with Crippen molar-refractivity contribution in [2.45, 2.75) is 5.54 Å². The van der Waals surface area contributed by atoms with Crippen molar-refractivity contribution in [2.75, 3.05) is 6.61 Å². The highest BCUT2D eigenvalue weighted by molar-refractivity contribution is 5.78. The first-order valence-corrected chi connectivity index (χ1v) is 8.05. The maximum atomic E-state index is 14.3. The van der Waals surface area contributed by atoms with E-state index in [2.05, 4.69) is 15.0 Å². The van der Waals surface area contributed by atoms with Crippen molar-refractivity contribution in [3.8, 4) is 22.8 Å². The summed E-state index contributed by atoms with van der Waals surface area (Å²) in [5.74, 6) is 0.427. The van der Waals surface area contributed by atoms with E-state index in [1.807, 2.05) is 24.3 Å². The molecule has 4 heterocycles. The number of aromatic nitrogens is 2. The molecule has 6 nitrogen and oxygen atoms in total. The minimum Gasteiger partial charge on any atom is -0.462 e. The molecule has 5 rings (SSSR count). The molecule has 0 bridgehead atoms. The molecule has 2 aliphatic rings. The normalized spacial score (nSPS) is 20.0. The van der Waals surface area contributed by atoms with Crippen molar-refractivity contribution in [3.05, 3.63) is 71.9 Å². The van der Waals surface area contributed by atoms with E-state index in [0.29, 0.717) is 17.2 Å². The zero-order valence-electron chi connectivity index (χ0n) is 13.5. The summed E-state index contributed by atoms with van der Waals surface area (Å²) in [4.78, 5) is 12.6. The molecule has 128 valence electrons. The number of nitrogens with zero attached hydrogens (tertiary/aromatic N) is 3. The monoisotopic (exact) mass is 348 g/mol. The third kappa shape index (κ3) is 1.94. The Morgan fingerprint density at radius 1 is 1.00 bits per heavy atom. The van der Waals surface area contributed by atoms with Gasteiger partial charge in [-0.2, -0.15) is 4.39 Å². The summed E-state index contributed by atoms with van der Waals surface area (Å²) in [6.07, 6.45) is 2.99. The second-order valence-corrected chi connectivity index (χ2v) is 6.08. The molecule has 3 aromatic rings. The zero-order chi connectivity index (χ0) is 17.7. The van der Waals surface area contributed by atoms with Crippen LogP contribution in [0.25, 0.3) is 11.3 Å². The summed E-state index contributed by atoms with van der Waals surface area (Å²) >= 11 is 0. The molecule has 1 atom stereocenters. The van der Waals surface area contributed by atoms with Crippen LogP contribution < -0.4 is 10.5 Å². The van der Waals surface area contributed by atoms with Crippen LogP contribution in [0, 0.1) is 5.95 Å². The number of amidine groups is 1. The largest absolute Gasteiger partial charge is 0.462 e. The third-order valence-corrected chi connectivity index (χ3v) is 4.64. The molecule has 2 N–H and O–H groups in total. The summed E-state index contributed by atoms with van der Waals surface area (Å²) in [7, 11) is 0. The fraction of sp³-hybridized carbons (Fsp3) is 0.105. The Morgan fingerprint density at radius 3 is 2.69 bits per heavy atom. The number of ether oxygens (including phenoxy) is 2. The van der Waals surface area contributed by atoms with Crippen LogP contribution in [0.1, 0.15) is 11.1 Å². The number of pyridine rings is 2. The fourth-order valence-corrected chi connectivity index (χ4v) is 3.49. The van der Waals surface area contributed by atoms with Crippen molar-refractivity contribution in [2.24, 2.45) is 10.7 Å². The highest BCUT2D eigenvalue weighted by atomic mass is 19.1. The molecule has 2 aliphatic heterocycles. The van der Waals surface area contributed by atoms with Crippen molar-refractivity contribution >= 4 is 6.02 Å². The van der Waals surface area contributed by atoms with Crippen LogP contribution in [-0.2, 0) is 10.3 Å². The zero-order valence-corrected chi connectivity index (χ0v) is 13.5. The maximum Gasteiger partial charge on any atom is 0.283 e. The molecule has 1 unspecified atom stereocenters. The Kier molecular flexibility index (Phi) is 3.00. The van der Waals surface area contributed by atoms with E-state index in [1.165, 1.54) is 6.20 Å². The van der Waals surface area contributed by atoms with Gasteiger partial charge >= 0.3 is 0 Å². The van der Waals surface area contributed by atoms with Gasteiger partial charge in [0.1, 0.15) is 18.1 Å². The minimum absolute atomic E-state index is 0.110. The Balaban J connectivity index is 1.82. The lowest BCUT2D eigenvalue weighted by Crippen LogP contribution is -2.31. The highest BCUT2D eigenvalue weighted by Crippen LogP contribution is 2.52. The van der Waals surface area contributed by atoms with Crippen LogP contribution in [0.2, 0.25) is 0 Å². The Bertz CT molecular complexity index is 1070. The standard InChI is InChI=1S/C19H13FN4O2/c20-17-11(4-3-8-23-17)15-16-13(7-9-22-15)19(10-25-18(21)24-19)12-5-1-2-6-14(12)26-16/h1-9H,10H2,(H2,21,24). The van der Waals surface area contributed by atoms with Crippen molar-refractivity contribution < 1.29 is 13.9 Å². The van der Waals surface area contributed by atoms with Gasteiger partial charge in [0.2, 0.25) is 5.95 Å². The van der Waals surface area contributed by atoms with E-state index in [4.69, 9.17) is 15.2 Å². The SMILES string of the molecule is NC1=NC2(CO1)c1ccccc1Oc1c2ccnc1-c1cccnc1F. The van der Waals surface area contributed by atoms with Crippen molar-refractivity contribution in [3.63, 3.8) is 0 Å². The van der Waals surface area contributed by atoms with Crippen molar-refractivity contribution in [1.29, 1.82) is 0 Å². The van der Waals surface area contributed by atoms with Gasteiger partial charge in [0.15, 0.2) is 11.3 Å². The van der Waals surface area contributed by atoms with Gasteiger partial charge < -0.3 is 15.2 Å². The number of benzene rings is 1. The van der Waals surface area contributed by atoms with Crippen LogP contribution in [0.15, 0.2) is 59.9 Å². The molecule has 0 saturated carbocycles. The molecule has 2 aromatic heterocycles. The molecule has 1 spiro atoms. The first kappa shape index (κ1) is 14.8. The topological polar surface area (TPSA) is 82.6 Å². The van der Waals surface area contributed by atoms with Gasteiger partial charge in [-0.1, -0.05) is 18.2 Å². The molecule has 0 saturated heterocycles. The second-order valence-electron chi connectivity index (χ2n) is 6.08. The number of rotatable bonds is 1. The van der Waals surface area contributed by atoms with Crippen LogP contribution in [0.4, 0.5) is 4.39 Å². The van der Waals surface area contributed by atoms with Crippen LogP contribution in [-0.4, -0.2) is 22.6 Å². The van der Waals surface area contributed by atoms with E-state index in [-0.39, 0.29) is 18.2 Å². The molecule has 0 amide bonds. The second kappa shape index (κ2) is 5.26. The summed E-state index contributed by atoms with van der Waals surface area (Å²) in [6, 6.07) is 12.7. The smallest absolute Gasteiger partial charge is 0.283 e. The quantitative estimate of drug-likeness (QED) is 0.684. The molecule has 26 heavy (non-hydrogen) atoms. The van der Waals surface area contributed by atoms with E-state index in [9.17, 15) is 4.39 Å². The Labute approximate surface area is 148 Å². The fourth-order valence-electron chi connectivity index (χ4n) is 3.49. The summed E-state index contributed by atoms with van der Waals surface area (Å²) in [6.45, 7) is 0.241. The average Bonchev–Trinajstić information content (AvgIpc) is 3.05. The molecular weight excluding hydrogens is 335 g/mol. The van der Waals surface area contributed by atoms with E-state index < -0.39 is 11.5 Å². The number of aliphatic imine (C=N–C) groups is 1. The molecular formula is C19H13FN4O2. The van der Waals surface area contributed by atoms with Gasteiger partial charge in [0.05, 0.1) is 5.56 Å². The molecule has 7 heteroatoms. The van der Waals surface area contributed by atoms with E-state index >= 15 is 0 Å². The van der Waals surface area contributed by atoms with Gasteiger partial charge in [-0.05, 0) is 24.3 Å². The van der Waals surface area contributed by atoms with E-state index in [0.717, 1.165) is 11.1 Å². The number of para-hydroxylation sites is 1. The Morgan fingerprint density at radius 2 is 1.88 bits per heavy atom. The first-order chi connectivity index (χ1) is 12.7. The summed E-state index contributed by atoms with van der Waals surface area (Å²) < 4.78 is 25.9. The number of halogens is 1. The number of hydrogen-bond donors (Lipinski definition) is 1. The molecule has 0 aliphatic carbocycles. The van der Waals surface area contributed by atoms with Crippen LogP contribution in [0.5, 0.6) is 11.5 Å². The minimum atomic E-state index is -0.843. The lowest BCUT2D eigenvalue weighted by molar-refractivity contribution is 0.264. The lowest BCUT2D eigenvalue weighted by Gasteiger charge is -2.33. The maximum absolute atomic E-state index is 14.3. The van der Waals surface area contributed by atoms with Crippen LogP contribution >= 0.6 is 0 Å². The van der Waals surface area contributed by atoms with E-state index in [1.54, 1.807) is 24.4 Å². The van der Waals surface area contributed by atoms with Gasteiger partial charge in [0, 0.05) is 23.5 Å². The number of hydrogen-bond acceptors (Lipinski definition) is 6. The van der Waals surface area contributed by atoms with Gasteiger partial charge in [-0.25, -0.2) is 9.98 Å². The number of fused-ring (bicyclic) bond motifs is 4. The van der Waals surface area contributed by atoms with Gasteiger partial charge in [0.25, 0.3) is 6.02 Å².